The van der Waals surface area contributed by atoms with Gasteiger partial charge in [0.2, 0.25) is 0 Å². The summed E-state index contributed by atoms with van der Waals surface area (Å²) in [4.78, 5) is 24.2. The maximum absolute atomic E-state index is 12.1. The van der Waals surface area contributed by atoms with Gasteiger partial charge < -0.3 is 4.74 Å². The van der Waals surface area contributed by atoms with Crippen molar-refractivity contribution in [1.29, 1.82) is 0 Å². The molecule has 0 bridgehead atoms. The van der Waals surface area contributed by atoms with E-state index in [4.69, 9.17) is 4.74 Å². The lowest BCUT2D eigenvalue weighted by molar-refractivity contribution is -0.139. The molecule has 0 aliphatic carbocycles. The maximum Gasteiger partial charge on any atom is 0.276 e. The number of nitrogens with zero attached hydrogens (tertiary/aromatic N) is 1. The molecule has 1 unspecified atom stereocenters. The molecule has 1 atom stereocenters. The summed E-state index contributed by atoms with van der Waals surface area (Å²) in [5.74, 6) is 0.470. The summed E-state index contributed by atoms with van der Waals surface area (Å²) in [6, 6.07) is 17.3. The van der Waals surface area contributed by atoms with E-state index in [0.29, 0.717) is 11.5 Å². The molecule has 3 rings (SSSR count). The van der Waals surface area contributed by atoms with Gasteiger partial charge in [-0.25, -0.2) is 5.01 Å². The highest BCUT2D eigenvalue weighted by atomic mass is 32.2. The molecule has 0 saturated carbocycles. The minimum absolute atomic E-state index is 0.124. The van der Waals surface area contributed by atoms with Crippen LogP contribution in [0.15, 0.2) is 60.7 Å². The van der Waals surface area contributed by atoms with Gasteiger partial charge in [-0.3, -0.25) is 15.0 Å². The number of hydrogen-bond acceptors (Lipinski definition) is 4. The van der Waals surface area contributed by atoms with Gasteiger partial charge in [-0.1, -0.05) is 54.1 Å². The average Bonchev–Trinajstić information content (AvgIpc) is 3.00. The lowest BCUT2D eigenvalue weighted by atomic mass is 10.2. The van der Waals surface area contributed by atoms with Crippen molar-refractivity contribution in [3.63, 3.8) is 0 Å². The number of benzene rings is 2. The van der Waals surface area contributed by atoms with Crippen LogP contribution in [0.2, 0.25) is 0 Å². The first-order valence-electron chi connectivity index (χ1n) is 8.28. The highest BCUT2D eigenvalue weighted by Gasteiger charge is 2.31. The second-order valence-corrected chi connectivity index (χ2v) is 6.98. The van der Waals surface area contributed by atoms with Crippen molar-refractivity contribution in [2.24, 2.45) is 0 Å². The van der Waals surface area contributed by atoms with Crippen LogP contribution >= 0.6 is 11.8 Å². The van der Waals surface area contributed by atoms with Gasteiger partial charge in [0.1, 0.15) is 11.1 Å². The standard InChI is InChI=1S/C20H20N2O3S/c1-15-7-10-17(11-8-15)25-13-18(23)21-22-19(24)14-26-20(22)12-9-16-5-3-2-4-6-16/h2-12,20H,13-14H2,1H3,(H,21,23). The van der Waals surface area contributed by atoms with Gasteiger partial charge in [-0.15, -0.1) is 11.8 Å². The molecular weight excluding hydrogens is 348 g/mol. The molecule has 1 saturated heterocycles. The zero-order valence-corrected chi connectivity index (χ0v) is 15.2. The number of carbonyl (C=O) groups excluding carboxylic acids is 2. The molecular formula is C20H20N2O3S. The van der Waals surface area contributed by atoms with Crippen molar-refractivity contribution in [3.8, 4) is 5.75 Å². The average molecular weight is 368 g/mol. The number of aryl methyl sites for hydroxylation is 1. The van der Waals surface area contributed by atoms with E-state index in [1.165, 1.54) is 16.8 Å². The van der Waals surface area contributed by atoms with Crippen LogP contribution in [0.25, 0.3) is 6.08 Å². The van der Waals surface area contributed by atoms with Crippen LogP contribution in [0.5, 0.6) is 5.75 Å². The van der Waals surface area contributed by atoms with E-state index in [0.717, 1.165) is 11.1 Å². The topological polar surface area (TPSA) is 58.6 Å². The molecule has 26 heavy (non-hydrogen) atoms. The monoisotopic (exact) mass is 368 g/mol. The lowest BCUT2D eigenvalue weighted by Crippen LogP contribution is -2.48. The van der Waals surface area contributed by atoms with Crippen molar-refractivity contribution in [2.75, 3.05) is 12.4 Å². The Morgan fingerprint density at radius 3 is 2.69 bits per heavy atom. The number of hydrazine groups is 1. The molecule has 1 N–H and O–H groups in total. The third kappa shape index (κ3) is 4.89. The van der Waals surface area contributed by atoms with E-state index in [2.05, 4.69) is 5.43 Å². The fourth-order valence-electron chi connectivity index (χ4n) is 2.42. The van der Waals surface area contributed by atoms with Gasteiger partial charge in [0.15, 0.2) is 6.61 Å². The van der Waals surface area contributed by atoms with Gasteiger partial charge in [0.05, 0.1) is 5.75 Å². The molecule has 2 amide bonds. The van der Waals surface area contributed by atoms with Crippen LogP contribution in [-0.4, -0.2) is 34.6 Å². The normalized spacial score (nSPS) is 16.9. The molecule has 1 heterocycles. The molecule has 5 nitrogen and oxygen atoms in total. The Balaban J connectivity index is 1.55. The van der Waals surface area contributed by atoms with Crippen LogP contribution < -0.4 is 10.2 Å². The number of ether oxygens (including phenoxy) is 1. The molecule has 2 aromatic carbocycles. The summed E-state index contributed by atoms with van der Waals surface area (Å²) in [5.41, 5.74) is 4.81. The number of carbonyl (C=O) groups is 2. The smallest absolute Gasteiger partial charge is 0.276 e. The summed E-state index contributed by atoms with van der Waals surface area (Å²) in [5, 5.41) is 1.14. The Morgan fingerprint density at radius 2 is 1.96 bits per heavy atom. The summed E-state index contributed by atoms with van der Waals surface area (Å²) < 4.78 is 5.46. The van der Waals surface area contributed by atoms with Crippen LogP contribution in [0.3, 0.4) is 0 Å². The zero-order chi connectivity index (χ0) is 18.4. The first kappa shape index (κ1) is 18.1. The zero-order valence-electron chi connectivity index (χ0n) is 14.4. The second kappa shape index (κ2) is 8.58. The van der Waals surface area contributed by atoms with Crippen molar-refractivity contribution in [1.82, 2.24) is 10.4 Å². The fourth-order valence-corrected chi connectivity index (χ4v) is 3.38. The third-order valence-corrected chi connectivity index (χ3v) is 4.91. The molecule has 2 aromatic rings. The van der Waals surface area contributed by atoms with E-state index in [1.54, 1.807) is 0 Å². The number of hydrogen-bond donors (Lipinski definition) is 1. The third-order valence-electron chi connectivity index (χ3n) is 3.79. The van der Waals surface area contributed by atoms with E-state index in [9.17, 15) is 9.59 Å². The van der Waals surface area contributed by atoms with Crippen LogP contribution in [-0.2, 0) is 9.59 Å². The Bertz CT molecular complexity index is 790. The minimum atomic E-state index is -0.362. The summed E-state index contributed by atoms with van der Waals surface area (Å²) >= 11 is 1.47. The van der Waals surface area contributed by atoms with Gasteiger partial charge in [0, 0.05) is 0 Å². The van der Waals surface area contributed by atoms with Gasteiger partial charge in [-0.05, 0) is 30.7 Å². The van der Waals surface area contributed by atoms with Crippen molar-refractivity contribution >= 4 is 29.7 Å². The molecule has 134 valence electrons. The summed E-state index contributed by atoms with van der Waals surface area (Å²) in [6.45, 7) is 1.84. The summed E-state index contributed by atoms with van der Waals surface area (Å²) in [7, 11) is 0. The van der Waals surface area contributed by atoms with Crippen molar-refractivity contribution in [2.45, 2.75) is 12.3 Å². The van der Waals surface area contributed by atoms with Gasteiger partial charge >= 0.3 is 0 Å². The number of nitrogens with one attached hydrogen (secondary N) is 1. The minimum Gasteiger partial charge on any atom is -0.484 e. The fraction of sp³-hybridized carbons (Fsp3) is 0.200. The number of thioether (sulfide) groups is 1. The van der Waals surface area contributed by atoms with Gasteiger partial charge in [0.25, 0.3) is 11.8 Å². The first-order valence-corrected chi connectivity index (χ1v) is 9.32. The van der Waals surface area contributed by atoms with E-state index >= 15 is 0 Å². The molecule has 0 radical (unpaired) electrons. The molecule has 1 fully saturated rings. The largest absolute Gasteiger partial charge is 0.484 e. The maximum atomic E-state index is 12.1. The van der Waals surface area contributed by atoms with Crippen LogP contribution in [0.4, 0.5) is 0 Å². The first-order chi connectivity index (χ1) is 12.6. The number of rotatable bonds is 6. The SMILES string of the molecule is Cc1ccc(OCC(=O)NN2C(=O)CSC2C=Cc2ccccc2)cc1. The lowest BCUT2D eigenvalue weighted by Gasteiger charge is -2.22. The molecule has 1 aliphatic rings. The van der Waals surface area contributed by atoms with Gasteiger partial charge in [-0.2, -0.15) is 0 Å². The Kier molecular flexibility index (Phi) is 5.96. The summed E-state index contributed by atoms with van der Waals surface area (Å²) in [6.07, 6.45) is 3.85. The molecule has 6 heteroatoms. The highest BCUT2D eigenvalue weighted by Crippen LogP contribution is 2.24. The predicted molar refractivity (Wildman–Crippen MR) is 103 cm³/mol. The molecule has 1 aliphatic heterocycles. The van der Waals surface area contributed by atoms with E-state index in [1.807, 2.05) is 73.7 Å². The van der Waals surface area contributed by atoms with E-state index in [-0.39, 0.29) is 23.8 Å². The quantitative estimate of drug-likeness (QED) is 0.852. The van der Waals surface area contributed by atoms with Crippen LogP contribution in [0.1, 0.15) is 11.1 Å². The van der Waals surface area contributed by atoms with Crippen molar-refractivity contribution in [3.05, 3.63) is 71.8 Å². The predicted octanol–water partition coefficient (Wildman–Crippen LogP) is 3.02. The Labute approximate surface area is 157 Å². The van der Waals surface area contributed by atoms with E-state index < -0.39 is 0 Å². The second-order valence-electron chi connectivity index (χ2n) is 5.87. The Morgan fingerprint density at radius 1 is 1.23 bits per heavy atom. The van der Waals surface area contributed by atoms with Crippen molar-refractivity contribution < 1.29 is 14.3 Å². The highest BCUT2D eigenvalue weighted by molar-refractivity contribution is 8.01. The molecule has 0 spiro atoms. The number of amides is 2. The molecule has 0 aromatic heterocycles. The Hall–Kier alpha value is -2.73. The van der Waals surface area contributed by atoms with Crippen LogP contribution in [0, 0.1) is 6.92 Å².